The highest BCUT2D eigenvalue weighted by Gasteiger charge is 2.15. The largest absolute Gasteiger partial charge is 0.488 e. The van der Waals surface area contributed by atoms with Crippen molar-refractivity contribution < 1.29 is 14.1 Å². The number of amides is 1. The average Bonchev–Trinajstić information content (AvgIpc) is 2.98. The number of aryl methyl sites for hydroxylation is 3. The van der Waals surface area contributed by atoms with Gasteiger partial charge in [0.2, 0.25) is 0 Å². The molecule has 5 heteroatoms. The summed E-state index contributed by atoms with van der Waals surface area (Å²) in [6, 6.07) is 15.0. The molecular formula is C21H22N2O3. The number of ether oxygens (including phenoxy) is 1. The Labute approximate surface area is 153 Å². The van der Waals surface area contributed by atoms with Crippen molar-refractivity contribution in [3.05, 3.63) is 76.7 Å². The topological polar surface area (TPSA) is 64.4 Å². The molecule has 26 heavy (non-hydrogen) atoms. The van der Waals surface area contributed by atoms with E-state index in [2.05, 4.69) is 17.4 Å². The lowest BCUT2D eigenvalue weighted by Gasteiger charge is -2.12. The molecule has 1 heterocycles. The number of hydrogen-bond donors (Lipinski definition) is 1. The molecule has 2 aromatic carbocycles. The normalized spacial score (nSPS) is 10.6. The maximum absolute atomic E-state index is 12.7. The molecule has 0 bridgehead atoms. The van der Waals surface area contributed by atoms with Crippen LogP contribution in [0.1, 0.15) is 39.9 Å². The van der Waals surface area contributed by atoms with E-state index >= 15 is 0 Å². The molecule has 3 aromatic rings. The Kier molecular flexibility index (Phi) is 5.37. The predicted octanol–water partition coefficient (Wildman–Crippen LogP) is 4.69. The van der Waals surface area contributed by atoms with Crippen LogP contribution in [0.4, 0.5) is 5.69 Å². The minimum absolute atomic E-state index is 0.205. The quantitative estimate of drug-likeness (QED) is 0.701. The molecule has 0 spiro atoms. The molecule has 0 atom stereocenters. The fraction of sp³-hybridized carbons (Fsp3) is 0.238. The minimum atomic E-state index is -0.205. The molecule has 1 amide bonds. The van der Waals surface area contributed by atoms with Gasteiger partial charge in [0.15, 0.2) is 0 Å². The van der Waals surface area contributed by atoms with Crippen LogP contribution in [0.3, 0.4) is 0 Å². The number of benzene rings is 2. The van der Waals surface area contributed by atoms with Gasteiger partial charge in [0, 0.05) is 5.69 Å². The van der Waals surface area contributed by atoms with Gasteiger partial charge in [-0.1, -0.05) is 36.3 Å². The monoisotopic (exact) mass is 350 g/mol. The summed E-state index contributed by atoms with van der Waals surface area (Å²) in [6.07, 6.45) is 0.965. The molecule has 1 aromatic heterocycles. The number of nitrogens with zero attached hydrogens (tertiary/aromatic N) is 1. The summed E-state index contributed by atoms with van der Waals surface area (Å²) >= 11 is 0. The first kappa shape index (κ1) is 17.7. The maximum Gasteiger partial charge on any atom is 0.259 e. The second-order valence-electron chi connectivity index (χ2n) is 6.09. The summed E-state index contributed by atoms with van der Waals surface area (Å²) in [5.74, 6) is 1.04. The van der Waals surface area contributed by atoms with Gasteiger partial charge in [-0.2, -0.15) is 0 Å². The van der Waals surface area contributed by atoms with Crippen LogP contribution in [0.5, 0.6) is 5.75 Å². The lowest BCUT2D eigenvalue weighted by Crippen LogP contribution is -2.13. The molecule has 0 aliphatic carbocycles. The summed E-state index contributed by atoms with van der Waals surface area (Å²) in [4.78, 5) is 12.7. The number of para-hydroxylation sites is 1. The van der Waals surface area contributed by atoms with Crippen LogP contribution < -0.4 is 10.1 Å². The Morgan fingerprint density at radius 3 is 2.50 bits per heavy atom. The van der Waals surface area contributed by atoms with Gasteiger partial charge in [-0.05, 0) is 50.1 Å². The van der Waals surface area contributed by atoms with Gasteiger partial charge in [0.1, 0.15) is 18.1 Å². The number of carbonyl (C=O) groups excluding carboxylic acids is 1. The highest BCUT2D eigenvalue weighted by Crippen LogP contribution is 2.23. The molecule has 0 aliphatic rings. The van der Waals surface area contributed by atoms with E-state index in [-0.39, 0.29) is 5.91 Å². The standard InChI is InChI=1S/C21H22N2O3/c1-4-16-9-11-17(12-10-16)22-21(24)18-7-5-6-8-20(18)25-13-19-14(2)23-26-15(19)3/h5-12H,4,13H2,1-3H3,(H,22,24). The summed E-state index contributed by atoms with van der Waals surface area (Å²) < 4.78 is 11.0. The van der Waals surface area contributed by atoms with Crippen molar-refractivity contribution in [1.29, 1.82) is 0 Å². The van der Waals surface area contributed by atoms with Gasteiger partial charge in [-0.25, -0.2) is 0 Å². The van der Waals surface area contributed by atoms with E-state index in [1.54, 1.807) is 12.1 Å². The number of carbonyl (C=O) groups is 1. The molecule has 3 rings (SSSR count). The van der Waals surface area contributed by atoms with E-state index in [9.17, 15) is 4.79 Å². The van der Waals surface area contributed by atoms with Gasteiger partial charge in [-0.3, -0.25) is 4.79 Å². The highest BCUT2D eigenvalue weighted by molar-refractivity contribution is 6.06. The van der Waals surface area contributed by atoms with Crippen molar-refractivity contribution in [2.24, 2.45) is 0 Å². The maximum atomic E-state index is 12.7. The van der Waals surface area contributed by atoms with Crippen molar-refractivity contribution in [3.63, 3.8) is 0 Å². The van der Waals surface area contributed by atoms with Gasteiger partial charge >= 0.3 is 0 Å². The van der Waals surface area contributed by atoms with Crippen LogP contribution >= 0.6 is 0 Å². The van der Waals surface area contributed by atoms with Crippen LogP contribution in [0.25, 0.3) is 0 Å². The SMILES string of the molecule is CCc1ccc(NC(=O)c2ccccc2OCc2c(C)noc2C)cc1. The smallest absolute Gasteiger partial charge is 0.259 e. The third-order valence-corrected chi connectivity index (χ3v) is 4.30. The van der Waals surface area contributed by atoms with E-state index in [4.69, 9.17) is 9.26 Å². The second kappa shape index (κ2) is 7.87. The van der Waals surface area contributed by atoms with Gasteiger partial charge in [-0.15, -0.1) is 0 Å². The zero-order valence-electron chi connectivity index (χ0n) is 15.2. The van der Waals surface area contributed by atoms with E-state index in [0.717, 1.165) is 29.1 Å². The first-order valence-corrected chi connectivity index (χ1v) is 8.62. The van der Waals surface area contributed by atoms with Crippen molar-refractivity contribution in [2.75, 3.05) is 5.32 Å². The average molecular weight is 350 g/mol. The second-order valence-corrected chi connectivity index (χ2v) is 6.09. The number of rotatable bonds is 6. The molecular weight excluding hydrogens is 328 g/mol. The molecule has 0 saturated carbocycles. The number of hydrogen-bond acceptors (Lipinski definition) is 4. The zero-order chi connectivity index (χ0) is 18.5. The molecule has 0 fully saturated rings. The van der Waals surface area contributed by atoms with Crippen molar-refractivity contribution >= 4 is 11.6 Å². The molecule has 0 unspecified atom stereocenters. The molecule has 1 N–H and O–H groups in total. The third-order valence-electron chi connectivity index (χ3n) is 4.30. The zero-order valence-corrected chi connectivity index (χ0v) is 15.2. The minimum Gasteiger partial charge on any atom is -0.488 e. The number of nitrogens with one attached hydrogen (secondary N) is 1. The first-order chi connectivity index (χ1) is 12.6. The molecule has 5 nitrogen and oxygen atoms in total. The highest BCUT2D eigenvalue weighted by atomic mass is 16.5. The number of aromatic nitrogens is 1. The summed E-state index contributed by atoms with van der Waals surface area (Å²) in [5, 5.41) is 6.84. The molecule has 0 radical (unpaired) electrons. The first-order valence-electron chi connectivity index (χ1n) is 8.62. The lowest BCUT2D eigenvalue weighted by atomic mass is 10.1. The predicted molar refractivity (Wildman–Crippen MR) is 101 cm³/mol. The molecule has 0 saturated heterocycles. The lowest BCUT2D eigenvalue weighted by molar-refractivity contribution is 0.102. The summed E-state index contributed by atoms with van der Waals surface area (Å²) in [6.45, 7) is 6.11. The van der Waals surface area contributed by atoms with Gasteiger partial charge in [0.05, 0.1) is 16.8 Å². The van der Waals surface area contributed by atoms with Crippen LogP contribution in [0, 0.1) is 13.8 Å². The Morgan fingerprint density at radius 1 is 1.12 bits per heavy atom. The summed E-state index contributed by atoms with van der Waals surface area (Å²) in [5.41, 5.74) is 4.16. The fourth-order valence-corrected chi connectivity index (χ4v) is 2.66. The van der Waals surface area contributed by atoms with Crippen molar-refractivity contribution in [2.45, 2.75) is 33.8 Å². The van der Waals surface area contributed by atoms with E-state index < -0.39 is 0 Å². The van der Waals surface area contributed by atoms with Crippen LogP contribution in [-0.2, 0) is 13.0 Å². The third kappa shape index (κ3) is 3.94. The van der Waals surface area contributed by atoms with Gasteiger partial charge < -0.3 is 14.6 Å². The number of anilines is 1. The van der Waals surface area contributed by atoms with Crippen LogP contribution in [-0.4, -0.2) is 11.1 Å². The Balaban J connectivity index is 1.74. The summed E-state index contributed by atoms with van der Waals surface area (Å²) in [7, 11) is 0. The van der Waals surface area contributed by atoms with E-state index in [0.29, 0.717) is 17.9 Å². The van der Waals surface area contributed by atoms with E-state index in [1.165, 1.54) is 5.56 Å². The van der Waals surface area contributed by atoms with E-state index in [1.807, 2.05) is 50.2 Å². The van der Waals surface area contributed by atoms with Crippen molar-refractivity contribution in [1.82, 2.24) is 5.16 Å². The van der Waals surface area contributed by atoms with Crippen LogP contribution in [0.2, 0.25) is 0 Å². The molecule has 0 aliphatic heterocycles. The van der Waals surface area contributed by atoms with Crippen molar-refractivity contribution in [3.8, 4) is 5.75 Å². The Hall–Kier alpha value is -3.08. The molecule has 134 valence electrons. The Bertz CT molecular complexity index is 878. The van der Waals surface area contributed by atoms with Gasteiger partial charge in [0.25, 0.3) is 5.91 Å². The fourth-order valence-electron chi connectivity index (χ4n) is 2.66. The van der Waals surface area contributed by atoms with Crippen LogP contribution in [0.15, 0.2) is 53.1 Å². The Morgan fingerprint density at radius 2 is 1.85 bits per heavy atom.